The van der Waals surface area contributed by atoms with Crippen molar-refractivity contribution >= 4 is 18.7 Å². The molecule has 0 spiro atoms. The highest BCUT2D eigenvalue weighted by molar-refractivity contribution is 7.82. The van der Waals surface area contributed by atoms with Crippen molar-refractivity contribution in [2.24, 2.45) is 0 Å². The zero-order chi connectivity index (χ0) is 18.9. The van der Waals surface area contributed by atoms with Crippen molar-refractivity contribution in [2.75, 3.05) is 0 Å². The van der Waals surface area contributed by atoms with Gasteiger partial charge in [0.25, 0.3) is 0 Å². The molecule has 1 unspecified atom stereocenters. The van der Waals surface area contributed by atoms with E-state index in [9.17, 15) is 0 Å². The number of benzene rings is 1. The van der Waals surface area contributed by atoms with Gasteiger partial charge >= 0.3 is 0 Å². The van der Waals surface area contributed by atoms with Crippen LogP contribution in [-0.4, -0.2) is 0 Å². The van der Waals surface area contributed by atoms with Crippen LogP contribution in [0, 0.1) is 0 Å². The van der Waals surface area contributed by atoms with Gasteiger partial charge in [0.1, 0.15) is 5.75 Å². The number of halogens is 1. The summed E-state index contributed by atoms with van der Waals surface area (Å²) in [4.78, 5) is 0. The molecule has 0 aromatic heterocycles. The van der Waals surface area contributed by atoms with Crippen LogP contribution >= 0.6 is 18.7 Å². The minimum atomic E-state index is -1.25. The second-order valence-electron chi connectivity index (χ2n) is 9.35. The molecule has 1 aromatic rings. The van der Waals surface area contributed by atoms with Crippen molar-refractivity contribution in [3.63, 3.8) is 0 Å². The van der Waals surface area contributed by atoms with E-state index in [0.717, 1.165) is 5.75 Å². The third kappa shape index (κ3) is 5.38. The summed E-state index contributed by atoms with van der Waals surface area (Å²) in [6, 6.07) is 4.56. The van der Waals surface area contributed by atoms with Crippen LogP contribution in [0.2, 0.25) is 0 Å². The zero-order valence-electron chi connectivity index (χ0n) is 16.7. The highest BCUT2D eigenvalue weighted by Gasteiger charge is 2.31. The smallest absolute Gasteiger partial charge is 0.215 e. The fraction of sp³-hybridized carbons (Fsp3) is 0.571. The third-order valence-corrected chi connectivity index (χ3v) is 5.18. The number of rotatable bonds is 3. The molecule has 0 radical (unpaired) electrons. The Morgan fingerprint density at radius 2 is 1.33 bits per heavy atom. The normalized spacial score (nSPS) is 14.1. The average Bonchev–Trinajstić information content (AvgIpc) is 2.34. The molecule has 0 heterocycles. The average molecular weight is 367 g/mol. The highest BCUT2D eigenvalue weighted by atomic mass is 35.7. The largest absolute Gasteiger partial charge is 0.453 e. The van der Waals surface area contributed by atoms with Crippen LogP contribution in [0.3, 0.4) is 0 Å². The van der Waals surface area contributed by atoms with Gasteiger partial charge < -0.3 is 4.52 Å². The fourth-order valence-corrected chi connectivity index (χ4v) is 3.44. The van der Waals surface area contributed by atoms with Gasteiger partial charge in [0.15, 0.2) is 0 Å². The maximum Gasteiger partial charge on any atom is 0.215 e. The Balaban J connectivity index is 3.77. The summed E-state index contributed by atoms with van der Waals surface area (Å²) in [5.41, 5.74) is 6.45. The van der Waals surface area contributed by atoms with E-state index in [-0.39, 0.29) is 16.2 Å². The van der Waals surface area contributed by atoms with Crippen molar-refractivity contribution in [1.29, 1.82) is 0 Å². The predicted octanol–water partition coefficient (Wildman–Crippen LogP) is 7.81. The van der Waals surface area contributed by atoms with E-state index in [4.69, 9.17) is 15.8 Å². The Morgan fingerprint density at radius 1 is 0.917 bits per heavy atom. The van der Waals surface area contributed by atoms with E-state index < -0.39 is 7.50 Å². The highest BCUT2D eigenvalue weighted by Crippen LogP contribution is 2.51. The molecule has 1 atom stereocenters. The fourth-order valence-electron chi connectivity index (χ4n) is 2.46. The molecule has 0 amide bonds. The number of hydrogen-bond acceptors (Lipinski definition) is 1. The first-order valence-electron chi connectivity index (χ1n) is 8.36. The maximum atomic E-state index is 6.37. The van der Waals surface area contributed by atoms with Gasteiger partial charge in [-0.1, -0.05) is 81.0 Å². The quantitative estimate of drug-likeness (QED) is 0.391. The van der Waals surface area contributed by atoms with Crippen molar-refractivity contribution in [3.8, 4) is 5.75 Å². The van der Waals surface area contributed by atoms with Gasteiger partial charge in [-0.3, -0.25) is 0 Å². The molecule has 0 aliphatic heterocycles. The van der Waals surface area contributed by atoms with E-state index >= 15 is 0 Å². The molecular formula is C21H32ClOP. The summed E-state index contributed by atoms with van der Waals surface area (Å²) in [5, 5.41) is 0. The minimum Gasteiger partial charge on any atom is -0.453 e. The second-order valence-corrected chi connectivity index (χ2v) is 11.3. The molecule has 24 heavy (non-hydrogen) atoms. The lowest BCUT2D eigenvalue weighted by molar-refractivity contribution is 0.498. The van der Waals surface area contributed by atoms with E-state index in [2.05, 4.69) is 86.8 Å². The van der Waals surface area contributed by atoms with Crippen LogP contribution in [0.5, 0.6) is 5.75 Å². The van der Waals surface area contributed by atoms with Crippen molar-refractivity contribution in [3.05, 3.63) is 47.0 Å². The lowest BCUT2D eigenvalue weighted by Gasteiger charge is -2.33. The summed E-state index contributed by atoms with van der Waals surface area (Å²) >= 11 is 6.37. The van der Waals surface area contributed by atoms with Crippen LogP contribution in [0.1, 0.15) is 79.0 Å². The molecule has 0 bridgehead atoms. The summed E-state index contributed by atoms with van der Waals surface area (Å²) in [5.74, 6) is 2.61. The van der Waals surface area contributed by atoms with E-state index in [1.54, 1.807) is 5.82 Å². The van der Waals surface area contributed by atoms with E-state index in [1.165, 1.54) is 16.7 Å². The minimum absolute atomic E-state index is 0.0401. The lowest BCUT2D eigenvalue weighted by atomic mass is 9.75. The van der Waals surface area contributed by atoms with E-state index in [0.29, 0.717) is 0 Å². The molecule has 1 rings (SSSR count). The van der Waals surface area contributed by atoms with Gasteiger partial charge in [-0.2, -0.15) is 0 Å². The van der Waals surface area contributed by atoms with Crippen LogP contribution in [-0.2, 0) is 16.2 Å². The van der Waals surface area contributed by atoms with Crippen LogP contribution in [0.15, 0.2) is 30.3 Å². The third-order valence-electron chi connectivity index (χ3n) is 3.94. The Bertz CT molecular complexity index is 600. The topological polar surface area (TPSA) is 9.23 Å². The first-order chi connectivity index (χ1) is 10.7. The van der Waals surface area contributed by atoms with Gasteiger partial charge in [-0.05, 0) is 33.0 Å². The molecule has 0 saturated heterocycles. The molecule has 1 nitrogen and oxygen atoms in total. The zero-order valence-corrected chi connectivity index (χ0v) is 18.3. The van der Waals surface area contributed by atoms with Crippen LogP contribution < -0.4 is 4.52 Å². The van der Waals surface area contributed by atoms with Crippen LogP contribution in [0.4, 0.5) is 0 Å². The standard InChI is InChI=1S/C21H32ClOP/c1-11-12-24(22)23-18-16(20(5,6)7)13-15(19(2,3)4)14-17(18)21(8,9)10/h12-14H,1H2,2-10H3. The first-order valence-corrected chi connectivity index (χ1v) is 10.6. The van der Waals surface area contributed by atoms with Gasteiger partial charge in [-0.25, -0.2) is 0 Å². The van der Waals surface area contributed by atoms with E-state index in [1.807, 2.05) is 0 Å². The van der Waals surface area contributed by atoms with Gasteiger partial charge in [0, 0.05) is 16.9 Å². The van der Waals surface area contributed by atoms with Gasteiger partial charge in [-0.15, -0.1) is 5.73 Å². The first kappa shape index (κ1) is 21.3. The summed E-state index contributed by atoms with van der Waals surface area (Å²) in [6.45, 7) is 23.6. The SMILES string of the molecule is C=C=CP(Cl)Oc1c(C(C)(C)C)cc(C(C)(C)C)cc1C(C)(C)C. The molecular weight excluding hydrogens is 335 g/mol. The lowest BCUT2D eigenvalue weighted by Crippen LogP contribution is -2.22. The Morgan fingerprint density at radius 3 is 1.62 bits per heavy atom. The Labute approximate surface area is 154 Å². The van der Waals surface area contributed by atoms with Gasteiger partial charge in [0.05, 0.1) is 0 Å². The summed E-state index contributed by atoms with van der Waals surface area (Å²) < 4.78 is 6.21. The Hall–Kier alpha value is -0.740. The molecule has 3 heteroatoms. The molecule has 0 aliphatic carbocycles. The summed E-state index contributed by atoms with van der Waals surface area (Å²) in [6.07, 6.45) is 0. The van der Waals surface area contributed by atoms with Crippen molar-refractivity contribution in [2.45, 2.75) is 78.6 Å². The van der Waals surface area contributed by atoms with Crippen molar-refractivity contribution in [1.82, 2.24) is 0 Å². The van der Waals surface area contributed by atoms with Gasteiger partial charge in [0.2, 0.25) is 7.50 Å². The maximum absolute atomic E-state index is 6.37. The predicted molar refractivity (Wildman–Crippen MR) is 110 cm³/mol. The summed E-state index contributed by atoms with van der Waals surface area (Å²) in [7, 11) is -1.25. The molecule has 0 saturated carbocycles. The molecule has 1 aromatic carbocycles. The van der Waals surface area contributed by atoms with Crippen LogP contribution in [0.25, 0.3) is 0 Å². The molecule has 0 fully saturated rings. The molecule has 134 valence electrons. The molecule has 0 N–H and O–H groups in total. The molecule has 0 aliphatic rings. The Kier molecular flexibility index (Phi) is 6.43. The second kappa shape index (κ2) is 7.25. The van der Waals surface area contributed by atoms with Crippen molar-refractivity contribution < 1.29 is 4.52 Å². The number of hydrogen-bond donors (Lipinski definition) is 0. The monoisotopic (exact) mass is 366 g/mol.